The molecular formula is C20H32F2O2Si. The Morgan fingerprint density at radius 3 is 2.28 bits per heavy atom. The van der Waals surface area contributed by atoms with Gasteiger partial charge in [0, 0.05) is 0 Å². The molecule has 1 aromatic rings. The third kappa shape index (κ3) is 8.21. The highest BCUT2D eigenvalue weighted by atomic mass is 28.3. The van der Waals surface area contributed by atoms with E-state index in [1.807, 2.05) is 0 Å². The summed E-state index contributed by atoms with van der Waals surface area (Å²) in [6.07, 6.45) is 11.9. The fraction of sp³-hybridized carbons (Fsp3) is 0.700. The third-order valence-electron chi connectivity index (χ3n) is 5.22. The first-order valence-electron chi connectivity index (χ1n) is 9.85. The van der Waals surface area contributed by atoms with Crippen LogP contribution in [0.25, 0.3) is 0 Å². The van der Waals surface area contributed by atoms with Crippen molar-refractivity contribution < 1.29 is 18.3 Å². The Hall–Kier alpha value is -1.10. The van der Waals surface area contributed by atoms with Gasteiger partial charge in [0.1, 0.15) is 11.5 Å². The van der Waals surface area contributed by atoms with Crippen LogP contribution >= 0.6 is 0 Å². The van der Waals surface area contributed by atoms with Gasteiger partial charge in [-0.2, -0.15) is 8.78 Å². The summed E-state index contributed by atoms with van der Waals surface area (Å²) in [6, 6.07) is 9.28. The Balaban J connectivity index is 1.59. The van der Waals surface area contributed by atoms with E-state index in [2.05, 4.69) is 11.7 Å². The molecule has 0 saturated carbocycles. The van der Waals surface area contributed by atoms with E-state index in [1.165, 1.54) is 63.5 Å². The third-order valence-corrected chi connectivity index (χ3v) is 8.15. The molecule has 0 radical (unpaired) electrons. The molecule has 0 aliphatic carbocycles. The molecule has 1 heterocycles. The van der Waals surface area contributed by atoms with Gasteiger partial charge in [-0.1, -0.05) is 70.4 Å². The number of rotatable bonds is 11. The van der Waals surface area contributed by atoms with Crippen LogP contribution in [0.4, 0.5) is 8.78 Å². The van der Waals surface area contributed by atoms with Crippen LogP contribution < -0.4 is 9.47 Å². The maximum Gasteiger partial charge on any atom is 0.387 e. The molecule has 2 nitrogen and oxygen atoms in total. The molecule has 0 aromatic heterocycles. The first kappa shape index (κ1) is 20.2. The zero-order valence-electron chi connectivity index (χ0n) is 15.4. The molecule has 0 unspecified atom stereocenters. The molecule has 1 saturated heterocycles. The van der Waals surface area contributed by atoms with Crippen LogP contribution in [0.5, 0.6) is 11.5 Å². The topological polar surface area (TPSA) is 18.5 Å². The quantitative estimate of drug-likeness (QED) is 0.341. The summed E-state index contributed by atoms with van der Waals surface area (Å²) < 4.78 is 34.5. The number of alkyl halides is 2. The number of benzene rings is 1. The van der Waals surface area contributed by atoms with Gasteiger partial charge < -0.3 is 9.47 Å². The maximum atomic E-state index is 12.1. The largest absolute Gasteiger partial charge is 0.498 e. The molecule has 0 atom stereocenters. The Labute approximate surface area is 152 Å². The van der Waals surface area contributed by atoms with Crippen molar-refractivity contribution in [2.45, 2.75) is 77.0 Å². The van der Waals surface area contributed by atoms with E-state index in [4.69, 9.17) is 4.74 Å². The summed E-state index contributed by atoms with van der Waals surface area (Å²) in [7, 11) is -0.796. The fourth-order valence-electron chi connectivity index (χ4n) is 3.65. The molecule has 2 rings (SSSR count). The van der Waals surface area contributed by atoms with E-state index in [1.54, 1.807) is 24.3 Å². The first-order valence-corrected chi connectivity index (χ1v) is 12.3. The van der Waals surface area contributed by atoms with E-state index in [-0.39, 0.29) is 5.75 Å². The van der Waals surface area contributed by atoms with Gasteiger partial charge >= 0.3 is 6.61 Å². The Bertz CT molecular complexity index is 459. The van der Waals surface area contributed by atoms with Gasteiger partial charge in [0.2, 0.25) is 0 Å². The molecule has 0 amide bonds. The number of ether oxygens (including phenoxy) is 2. The maximum absolute atomic E-state index is 12.1. The van der Waals surface area contributed by atoms with E-state index in [0.717, 1.165) is 17.9 Å². The minimum atomic E-state index is -2.78. The van der Waals surface area contributed by atoms with Gasteiger partial charge in [0.05, 0.1) is 15.0 Å². The van der Waals surface area contributed by atoms with Crippen molar-refractivity contribution in [2.24, 2.45) is 5.92 Å². The second kappa shape index (κ2) is 11.5. The second-order valence-electron chi connectivity index (χ2n) is 7.25. The zero-order valence-corrected chi connectivity index (χ0v) is 16.5. The minimum Gasteiger partial charge on any atom is -0.498 e. The molecule has 1 fully saturated rings. The molecule has 25 heavy (non-hydrogen) atoms. The van der Waals surface area contributed by atoms with Crippen LogP contribution in [0.15, 0.2) is 24.3 Å². The summed E-state index contributed by atoms with van der Waals surface area (Å²) >= 11 is 0. The van der Waals surface area contributed by atoms with Crippen molar-refractivity contribution in [3.63, 3.8) is 0 Å². The van der Waals surface area contributed by atoms with Gasteiger partial charge in [-0.25, -0.2) is 0 Å². The van der Waals surface area contributed by atoms with Crippen molar-refractivity contribution in [1.29, 1.82) is 0 Å². The number of unbranched alkanes of at least 4 members (excludes halogenated alkanes) is 4. The summed E-state index contributed by atoms with van der Waals surface area (Å²) in [6.45, 7) is -0.513. The molecule has 0 spiro atoms. The Morgan fingerprint density at radius 2 is 1.64 bits per heavy atom. The minimum absolute atomic E-state index is 0.180. The van der Waals surface area contributed by atoms with Gasteiger partial charge in [-0.05, 0) is 30.2 Å². The van der Waals surface area contributed by atoms with Crippen molar-refractivity contribution in [3.05, 3.63) is 24.3 Å². The average molecular weight is 371 g/mol. The lowest BCUT2D eigenvalue weighted by molar-refractivity contribution is -0.0498. The van der Waals surface area contributed by atoms with Crippen LogP contribution in [0.1, 0.15) is 58.3 Å². The lowest BCUT2D eigenvalue weighted by Gasteiger charge is -2.27. The van der Waals surface area contributed by atoms with Crippen LogP contribution in [0, 0.1) is 5.92 Å². The average Bonchev–Trinajstić information content (AvgIpc) is 2.61. The van der Waals surface area contributed by atoms with Crippen LogP contribution in [-0.4, -0.2) is 21.6 Å². The highest BCUT2D eigenvalue weighted by molar-refractivity contribution is 6.58. The van der Waals surface area contributed by atoms with Crippen molar-refractivity contribution in [3.8, 4) is 11.5 Å². The normalized spacial score (nSPS) is 20.6. The standard InChI is InChI=1S/C20H32F2O2Si/c1-2-3-4-5-6-7-17-12-14-25(15-13-17)16-23-18-8-10-19(11-9-18)24-20(21)22/h8-11,17,20,25H,2-7,12-16H2,1H3. The molecule has 0 bridgehead atoms. The van der Waals surface area contributed by atoms with Gasteiger partial charge in [0.15, 0.2) is 0 Å². The van der Waals surface area contributed by atoms with E-state index in [0.29, 0.717) is 0 Å². The molecule has 1 aliphatic heterocycles. The highest BCUT2D eigenvalue weighted by Crippen LogP contribution is 2.30. The molecule has 1 aliphatic rings. The SMILES string of the molecule is CCCCCCCC1CC[SiH](COc2ccc(OC(F)F)cc2)CC1. The smallest absolute Gasteiger partial charge is 0.387 e. The molecule has 0 N–H and O–H groups in total. The van der Waals surface area contributed by atoms with Crippen LogP contribution in [-0.2, 0) is 0 Å². The Kier molecular flexibility index (Phi) is 9.30. The molecular weight excluding hydrogens is 338 g/mol. The second-order valence-corrected chi connectivity index (χ2v) is 10.5. The Morgan fingerprint density at radius 1 is 1.00 bits per heavy atom. The van der Waals surface area contributed by atoms with Gasteiger partial charge in [-0.3, -0.25) is 0 Å². The predicted molar refractivity (Wildman–Crippen MR) is 101 cm³/mol. The van der Waals surface area contributed by atoms with E-state index >= 15 is 0 Å². The highest BCUT2D eigenvalue weighted by Gasteiger charge is 2.22. The van der Waals surface area contributed by atoms with Crippen LogP contribution in [0.2, 0.25) is 12.1 Å². The van der Waals surface area contributed by atoms with Crippen LogP contribution in [0.3, 0.4) is 0 Å². The van der Waals surface area contributed by atoms with E-state index < -0.39 is 15.4 Å². The number of hydrogen-bond acceptors (Lipinski definition) is 2. The molecule has 142 valence electrons. The monoisotopic (exact) mass is 370 g/mol. The van der Waals surface area contributed by atoms with Crippen molar-refractivity contribution in [1.82, 2.24) is 0 Å². The van der Waals surface area contributed by atoms with E-state index in [9.17, 15) is 8.78 Å². The summed E-state index contributed by atoms with van der Waals surface area (Å²) in [5, 5.41) is 0. The summed E-state index contributed by atoms with van der Waals surface area (Å²) in [4.78, 5) is 0. The van der Waals surface area contributed by atoms with Crippen molar-refractivity contribution >= 4 is 8.80 Å². The number of halogens is 2. The summed E-state index contributed by atoms with van der Waals surface area (Å²) in [5.41, 5.74) is 0. The first-order chi connectivity index (χ1) is 12.2. The van der Waals surface area contributed by atoms with Crippen molar-refractivity contribution in [2.75, 3.05) is 6.23 Å². The van der Waals surface area contributed by atoms with Gasteiger partial charge in [0.25, 0.3) is 0 Å². The summed E-state index contributed by atoms with van der Waals surface area (Å²) in [5.74, 6) is 1.88. The molecule has 5 heteroatoms. The fourth-order valence-corrected chi connectivity index (χ4v) is 6.59. The van der Waals surface area contributed by atoms with Gasteiger partial charge in [-0.15, -0.1) is 0 Å². The molecule has 1 aromatic carbocycles. The predicted octanol–water partition coefficient (Wildman–Crippen LogP) is 6.20. The lowest BCUT2D eigenvalue weighted by atomic mass is 9.95. The number of hydrogen-bond donors (Lipinski definition) is 0. The zero-order chi connectivity index (χ0) is 17.9. The lowest BCUT2D eigenvalue weighted by Crippen LogP contribution is -2.28.